The second-order valence-corrected chi connectivity index (χ2v) is 7.62. The van der Waals surface area contributed by atoms with Gasteiger partial charge in [-0.15, -0.1) is 0 Å². The van der Waals surface area contributed by atoms with E-state index >= 15 is 0 Å². The van der Waals surface area contributed by atoms with Crippen molar-refractivity contribution in [1.82, 2.24) is 0 Å². The van der Waals surface area contributed by atoms with Gasteiger partial charge in [-0.2, -0.15) is 0 Å². The Labute approximate surface area is 161 Å². The Morgan fingerprint density at radius 1 is 1.00 bits per heavy atom. The fraction of sp³-hybridized carbons (Fsp3) is 0.417. The number of rotatable bonds is 7. The molecule has 0 heterocycles. The lowest BCUT2D eigenvalue weighted by molar-refractivity contribution is -0.134. The molecule has 27 heavy (non-hydrogen) atoms. The first-order valence-corrected chi connectivity index (χ1v) is 9.94. The van der Waals surface area contributed by atoms with Gasteiger partial charge in [-0.25, -0.2) is 0 Å². The fourth-order valence-electron chi connectivity index (χ4n) is 3.64. The normalized spacial score (nSPS) is 19.7. The van der Waals surface area contributed by atoms with Gasteiger partial charge in [-0.1, -0.05) is 50.2 Å². The van der Waals surface area contributed by atoms with Crippen LogP contribution in [0.3, 0.4) is 0 Å². The maximum absolute atomic E-state index is 12.5. The Balaban J connectivity index is 1.61. The van der Waals surface area contributed by atoms with Crippen LogP contribution in [0, 0.1) is 11.8 Å². The highest BCUT2D eigenvalue weighted by molar-refractivity contribution is 6.03. The first kappa shape index (κ1) is 19.3. The molecule has 0 bridgehead atoms. The summed E-state index contributed by atoms with van der Waals surface area (Å²) >= 11 is 0. The second-order valence-electron chi connectivity index (χ2n) is 7.62. The number of hydrogen-bond acceptors (Lipinski definition) is 3. The van der Waals surface area contributed by atoms with E-state index in [0.29, 0.717) is 25.2 Å². The summed E-state index contributed by atoms with van der Waals surface area (Å²) in [5, 5.41) is 0. The van der Waals surface area contributed by atoms with Crippen LogP contribution in [0.15, 0.2) is 48.5 Å². The summed E-state index contributed by atoms with van der Waals surface area (Å²) in [7, 11) is 0. The van der Waals surface area contributed by atoms with Gasteiger partial charge < -0.3 is 4.74 Å². The van der Waals surface area contributed by atoms with Crippen LogP contribution >= 0.6 is 0 Å². The Morgan fingerprint density at radius 2 is 1.63 bits per heavy atom. The molecule has 0 aromatic heterocycles. The molecule has 0 N–H and O–H groups in total. The molecule has 3 nitrogen and oxygen atoms in total. The maximum Gasteiger partial charge on any atom is 0.147 e. The molecule has 1 aliphatic carbocycles. The first-order chi connectivity index (χ1) is 13.1. The van der Waals surface area contributed by atoms with Crippen LogP contribution in [0.25, 0.3) is 11.1 Å². The number of benzene rings is 2. The van der Waals surface area contributed by atoms with Crippen molar-refractivity contribution >= 4 is 11.6 Å². The third-order valence-electron chi connectivity index (χ3n) is 5.27. The van der Waals surface area contributed by atoms with E-state index in [-0.39, 0.29) is 11.6 Å². The number of ether oxygens (including phenoxy) is 1. The van der Waals surface area contributed by atoms with Gasteiger partial charge in [0.2, 0.25) is 0 Å². The number of carbonyl (C=O) groups excluding carboxylic acids is 2. The molecular formula is C24H28O3. The highest BCUT2D eigenvalue weighted by Gasteiger charge is 2.31. The molecule has 3 rings (SSSR count). The van der Waals surface area contributed by atoms with E-state index < -0.39 is 5.92 Å². The quantitative estimate of drug-likeness (QED) is 0.630. The van der Waals surface area contributed by atoms with Crippen molar-refractivity contribution in [2.24, 2.45) is 11.8 Å². The molecule has 0 amide bonds. The lowest BCUT2D eigenvalue weighted by Gasteiger charge is -2.23. The van der Waals surface area contributed by atoms with Gasteiger partial charge in [-0.3, -0.25) is 9.59 Å². The Morgan fingerprint density at radius 3 is 2.22 bits per heavy atom. The van der Waals surface area contributed by atoms with Crippen molar-refractivity contribution < 1.29 is 14.3 Å². The summed E-state index contributed by atoms with van der Waals surface area (Å²) in [5.41, 5.74) is 3.20. The van der Waals surface area contributed by atoms with Crippen molar-refractivity contribution in [3.63, 3.8) is 0 Å². The van der Waals surface area contributed by atoms with Gasteiger partial charge >= 0.3 is 0 Å². The predicted molar refractivity (Wildman–Crippen MR) is 108 cm³/mol. The zero-order chi connectivity index (χ0) is 19.2. The second kappa shape index (κ2) is 8.98. The summed E-state index contributed by atoms with van der Waals surface area (Å²) in [5.74, 6) is 1.10. The smallest absolute Gasteiger partial charge is 0.147 e. The summed E-state index contributed by atoms with van der Waals surface area (Å²) in [6.07, 6.45) is 3.57. The Bertz CT molecular complexity index is 774. The van der Waals surface area contributed by atoms with Crippen LogP contribution in [0.5, 0.6) is 5.75 Å². The van der Waals surface area contributed by atoms with E-state index in [1.54, 1.807) is 0 Å². The molecule has 2 aromatic carbocycles. The van der Waals surface area contributed by atoms with Gasteiger partial charge in [0.05, 0.1) is 12.5 Å². The molecule has 0 aliphatic heterocycles. The monoisotopic (exact) mass is 364 g/mol. The molecule has 2 aromatic rings. The van der Waals surface area contributed by atoms with Crippen LogP contribution < -0.4 is 4.74 Å². The molecule has 1 saturated carbocycles. The molecule has 0 spiro atoms. The van der Waals surface area contributed by atoms with Gasteiger partial charge in [0.1, 0.15) is 17.3 Å². The first-order valence-electron chi connectivity index (χ1n) is 9.94. The zero-order valence-corrected chi connectivity index (χ0v) is 16.2. The number of ketones is 2. The topological polar surface area (TPSA) is 43.4 Å². The summed E-state index contributed by atoms with van der Waals surface area (Å²) in [6, 6.07) is 16.1. The highest BCUT2D eigenvalue weighted by atomic mass is 16.5. The average molecular weight is 364 g/mol. The van der Waals surface area contributed by atoms with Crippen LogP contribution in [0.2, 0.25) is 0 Å². The van der Waals surface area contributed by atoms with Crippen molar-refractivity contribution in [3.05, 3.63) is 54.1 Å². The van der Waals surface area contributed by atoms with Crippen LogP contribution in [0.4, 0.5) is 0 Å². The van der Waals surface area contributed by atoms with Crippen molar-refractivity contribution in [2.45, 2.75) is 46.0 Å². The van der Waals surface area contributed by atoms with Crippen LogP contribution in [0.1, 0.15) is 45.1 Å². The van der Waals surface area contributed by atoms with Gasteiger partial charge in [0.25, 0.3) is 0 Å². The molecule has 0 saturated heterocycles. The minimum absolute atomic E-state index is 0.0667. The van der Waals surface area contributed by atoms with Crippen molar-refractivity contribution in [3.8, 4) is 16.9 Å². The zero-order valence-electron chi connectivity index (χ0n) is 16.2. The van der Waals surface area contributed by atoms with Crippen LogP contribution in [-0.4, -0.2) is 18.2 Å². The van der Waals surface area contributed by atoms with Gasteiger partial charge in [-0.05, 0) is 54.0 Å². The third kappa shape index (κ3) is 5.06. The molecule has 2 atom stereocenters. The average Bonchev–Trinajstić information content (AvgIpc) is 2.67. The van der Waals surface area contributed by atoms with Crippen LogP contribution in [-0.2, 0) is 16.0 Å². The largest absolute Gasteiger partial charge is 0.494 e. The maximum atomic E-state index is 12.5. The van der Waals surface area contributed by atoms with Gasteiger partial charge in [0.15, 0.2) is 0 Å². The number of hydrogen-bond donors (Lipinski definition) is 0. The summed E-state index contributed by atoms with van der Waals surface area (Å²) in [6.45, 7) is 4.90. The number of Topliss-reactive ketones (excluding diaryl/α,β-unsaturated/α-hetero) is 2. The third-order valence-corrected chi connectivity index (χ3v) is 5.27. The molecule has 1 aliphatic rings. The predicted octanol–water partition coefficient (Wildman–Crippen LogP) is 5.26. The molecule has 2 unspecified atom stereocenters. The SMILES string of the molecule is CCCOc1ccc(-c2ccc(CC(=O)C3CCC(C)CC3=O)cc2)cc1. The Hall–Kier alpha value is -2.42. The lowest BCUT2D eigenvalue weighted by Crippen LogP contribution is -2.31. The fourth-order valence-corrected chi connectivity index (χ4v) is 3.64. The molecule has 1 fully saturated rings. The van der Waals surface area contributed by atoms with Crippen molar-refractivity contribution in [2.75, 3.05) is 6.61 Å². The summed E-state index contributed by atoms with van der Waals surface area (Å²) in [4.78, 5) is 24.7. The highest BCUT2D eigenvalue weighted by Crippen LogP contribution is 2.28. The molecule has 0 radical (unpaired) electrons. The summed E-state index contributed by atoms with van der Waals surface area (Å²) < 4.78 is 5.62. The van der Waals surface area contributed by atoms with E-state index in [1.165, 1.54) is 0 Å². The van der Waals surface area contributed by atoms with E-state index in [2.05, 4.69) is 13.8 Å². The molecule has 3 heteroatoms. The minimum atomic E-state index is -0.392. The molecular weight excluding hydrogens is 336 g/mol. The van der Waals surface area contributed by atoms with E-state index in [9.17, 15) is 9.59 Å². The lowest BCUT2D eigenvalue weighted by atomic mass is 9.78. The van der Waals surface area contributed by atoms with Gasteiger partial charge in [0, 0.05) is 12.8 Å². The Kier molecular flexibility index (Phi) is 6.44. The standard InChI is InChI=1S/C24H28O3/c1-3-14-27-21-11-9-20(10-12-21)19-7-5-18(6-8-19)16-24(26)22-13-4-17(2)15-23(22)25/h5-12,17,22H,3-4,13-16H2,1-2H3. The van der Waals surface area contributed by atoms with E-state index in [0.717, 1.165) is 41.9 Å². The van der Waals surface area contributed by atoms with E-state index in [4.69, 9.17) is 4.74 Å². The van der Waals surface area contributed by atoms with E-state index in [1.807, 2.05) is 48.5 Å². The minimum Gasteiger partial charge on any atom is -0.494 e. The molecule has 142 valence electrons. The number of carbonyl (C=O) groups is 2. The van der Waals surface area contributed by atoms with Crippen molar-refractivity contribution in [1.29, 1.82) is 0 Å².